The summed E-state index contributed by atoms with van der Waals surface area (Å²) in [4.78, 5) is 4.66. The Morgan fingerprint density at radius 3 is 2.50 bits per heavy atom. The normalized spacial score (nSPS) is 12.8. The summed E-state index contributed by atoms with van der Waals surface area (Å²) in [7, 11) is 0. The number of rotatable bonds is 1. The van der Waals surface area contributed by atoms with E-state index in [1.54, 1.807) is 0 Å². The van der Waals surface area contributed by atoms with E-state index in [9.17, 15) is 0 Å². The van der Waals surface area contributed by atoms with Crippen molar-refractivity contribution in [3.05, 3.63) is 48.5 Å². The maximum atomic E-state index is 6.13. The molecule has 0 radical (unpaired) electrons. The minimum atomic E-state index is 0.257. The lowest BCUT2D eigenvalue weighted by atomic mass is 10.1. The van der Waals surface area contributed by atoms with E-state index in [0.717, 1.165) is 33.7 Å². The average molecular weight is 264 g/mol. The number of nitrogen functional groups attached to an aromatic ring is 1. The molecule has 1 aromatic heterocycles. The zero-order chi connectivity index (χ0) is 13.5. The van der Waals surface area contributed by atoms with Gasteiger partial charge in [0.1, 0.15) is 0 Å². The SMILES string of the molecule is Nc1cc2cc3c(cc2nc1-c1ccccc1)OCO3. The zero-order valence-corrected chi connectivity index (χ0v) is 10.7. The van der Waals surface area contributed by atoms with E-state index in [2.05, 4.69) is 4.98 Å². The van der Waals surface area contributed by atoms with E-state index in [-0.39, 0.29) is 6.79 Å². The zero-order valence-electron chi connectivity index (χ0n) is 10.7. The lowest BCUT2D eigenvalue weighted by Gasteiger charge is -2.08. The Hall–Kier alpha value is -2.75. The Kier molecular flexibility index (Phi) is 2.29. The molecule has 2 heterocycles. The van der Waals surface area contributed by atoms with Crippen LogP contribution in [0.1, 0.15) is 0 Å². The van der Waals surface area contributed by atoms with E-state index in [0.29, 0.717) is 5.69 Å². The largest absolute Gasteiger partial charge is 0.454 e. The highest BCUT2D eigenvalue weighted by molar-refractivity contribution is 5.90. The third-order valence-corrected chi connectivity index (χ3v) is 3.39. The highest BCUT2D eigenvalue weighted by Gasteiger charge is 2.16. The minimum Gasteiger partial charge on any atom is -0.454 e. The van der Waals surface area contributed by atoms with Crippen LogP contribution in [0.5, 0.6) is 11.5 Å². The van der Waals surface area contributed by atoms with Gasteiger partial charge in [-0.1, -0.05) is 30.3 Å². The fourth-order valence-electron chi connectivity index (χ4n) is 2.41. The van der Waals surface area contributed by atoms with Crippen LogP contribution in [0.15, 0.2) is 48.5 Å². The van der Waals surface area contributed by atoms with Gasteiger partial charge in [0.2, 0.25) is 6.79 Å². The van der Waals surface area contributed by atoms with Gasteiger partial charge in [0.25, 0.3) is 0 Å². The summed E-state index contributed by atoms with van der Waals surface area (Å²) in [6, 6.07) is 15.6. The highest BCUT2D eigenvalue weighted by atomic mass is 16.7. The van der Waals surface area contributed by atoms with Gasteiger partial charge in [-0.25, -0.2) is 4.98 Å². The number of nitrogens with two attached hydrogens (primary N) is 1. The second-order valence-electron chi connectivity index (χ2n) is 4.69. The maximum absolute atomic E-state index is 6.13. The summed E-state index contributed by atoms with van der Waals surface area (Å²) < 4.78 is 10.8. The van der Waals surface area contributed by atoms with Gasteiger partial charge in [-0.05, 0) is 12.1 Å². The van der Waals surface area contributed by atoms with Crippen molar-refractivity contribution < 1.29 is 9.47 Å². The first-order valence-corrected chi connectivity index (χ1v) is 6.36. The predicted octanol–water partition coefficient (Wildman–Crippen LogP) is 3.21. The van der Waals surface area contributed by atoms with Gasteiger partial charge >= 0.3 is 0 Å². The monoisotopic (exact) mass is 264 g/mol. The molecule has 2 aromatic carbocycles. The quantitative estimate of drug-likeness (QED) is 0.733. The Morgan fingerprint density at radius 1 is 0.950 bits per heavy atom. The van der Waals surface area contributed by atoms with Crippen LogP contribution in [0.4, 0.5) is 5.69 Å². The molecule has 0 aliphatic carbocycles. The number of nitrogens with zero attached hydrogens (tertiary/aromatic N) is 1. The molecule has 0 unspecified atom stereocenters. The van der Waals surface area contributed by atoms with Gasteiger partial charge in [-0.15, -0.1) is 0 Å². The molecule has 1 aliphatic rings. The molecule has 4 nitrogen and oxygen atoms in total. The van der Waals surface area contributed by atoms with Gasteiger partial charge in [0, 0.05) is 17.0 Å². The van der Waals surface area contributed by atoms with Gasteiger partial charge in [0.05, 0.1) is 16.9 Å². The summed E-state index contributed by atoms with van der Waals surface area (Å²) in [5.74, 6) is 1.47. The molecule has 1 aliphatic heterocycles. The highest BCUT2D eigenvalue weighted by Crippen LogP contribution is 2.37. The molecule has 98 valence electrons. The molecule has 4 rings (SSSR count). The fourth-order valence-corrected chi connectivity index (χ4v) is 2.41. The second-order valence-corrected chi connectivity index (χ2v) is 4.69. The van der Waals surface area contributed by atoms with Gasteiger partial charge < -0.3 is 15.2 Å². The summed E-state index contributed by atoms with van der Waals surface area (Å²) in [5, 5.41) is 0.950. The molecule has 0 fully saturated rings. The summed E-state index contributed by atoms with van der Waals surface area (Å²) >= 11 is 0. The third kappa shape index (κ3) is 1.66. The van der Waals surface area contributed by atoms with Crippen LogP contribution in [-0.2, 0) is 0 Å². The first-order valence-electron chi connectivity index (χ1n) is 6.36. The molecule has 0 saturated heterocycles. The minimum absolute atomic E-state index is 0.257. The van der Waals surface area contributed by atoms with Crippen LogP contribution in [0.2, 0.25) is 0 Å². The Bertz CT molecular complexity index is 800. The number of benzene rings is 2. The van der Waals surface area contributed by atoms with Crippen LogP contribution >= 0.6 is 0 Å². The van der Waals surface area contributed by atoms with Crippen molar-refractivity contribution in [3.8, 4) is 22.8 Å². The maximum Gasteiger partial charge on any atom is 0.231 e. The molecule has 0 atom stereocenters. The van der Waals surface area contributed by atoms with Crippen molar-refractivity contribution in [3.63, 3.8) is 0 Å². The molecule has 0 amide bonds. The van der Waals surface area contributed by atoms with Crippen molar-refractivity contribution in [1.29, 1.82) is 0 Å². The van der Waals surface area contributed by atoms with E-state index in [1.165, 1.54) is 0 Å². The number of hydrogen-bond acceptors (Lipinski definition) is 4. The Balaban J connectivity index is 1.95. The van der Waals surface area contributed by atoms with Crippen LogP contribution < -0.4 is 15.2 Å². The number of pyridine rings is 1. The third-order valence-electron chi connectivity index (χ3n) is 3.39. The number of anilines is 1. The molecule has 20 heavy (non-hydrogen) atoms. The van der Waals surface area contributed by atoms with E-state index in [1.807, 2.05) is 48.5 Å². The van der Waals surface area contributed by atoms with E-state index >= 15 is 0 Å². The number of fused-ring (bicyclic) bond motifs is 2. The van der Waals surface area contributed by atoms with Gasteiger partial charge in [-0.3, -0.25) is 0 Å². The number of aromatic nitrogens is 1. The average Bonchev–Trinajstić information content (AvgIpc) is 2.92. The molecular formula is C16H12N2O2. The van der Waals surface area contributed by atoms with E-state index < -0.39 is 0 Å². The molecule has 0 bridgehead atoms. The topological polar surface area (TPSA) is 57.4 Å². The van der Waals surface area contributed by atoms with Gasteiger partial charge in [0.15, 0.2) is 11.5 Å². The predicted molar refractivity (Wildman–Crippen MR) is 77.7 cm³/mol. The van der Waals surface area contributed by atoms with Crippen molar-refractivity contribution >= 4 is 16.6 Å². The van der Waals surface area contributed by atoms with Crippen molar-refractivity contribution in [2.45, 2.75) is 0 Å². The summed E-state index contributed by atoms with van der Waals surface area (Å²) in [5.41, 5.74) is 9.43. The van der Waals surface area contributed by atoms with E-state index in [4.69, 9.17) is 15.2 Å². The standard InChI is InChI=1S/C16H12N2O2/c17-12-6-11-7-14-15(20-9-19-14)8-13(11)18-16(12)10-4-2-1-3-5-10/h1-8H,9,17H2. The first kappa shape index (κ1) is 11.1. The van der Waals surface area contributed by atoms with Crippen molar-refractivity contribution in [2.75, 3.05) is 12.5 Å². The van der Waals surface area contributed by atoms with Crippen LogP contribution in [0.3, 0.4) is 0 Å². The Morgan fingerprint density at radius 2 is 1.70 bits per heavy atom. The van der Waals surface area contributed by atoms with Crippen molar-refractivity contribution in [1.82, 2.24) is 4.98 Å². The van der Waals surface area contributed by atoms with Crippen LogP contribution in [0, 0.1) is 0 Å². The fraction of sp³-hybridized carbons (Fsp3) is 0.0625. The summed E-state index contributed by atoms with van der Waals surface area (Å²) in [6.45, 7) is 0.257. The molecule has 3 aromatic rings. The lowest BCUT2D eigenvalue weighted by Crippen LogP contribution is -1.94. The number of ether oxygens (including phenoxy) is 2. The smallest absolute Gasteiger partial charge is 0.231 e. The Labute approximate surface area is 115 Å². The van der Waals surface area contributed by atoms with Crippen LogP contribution in [-0.4, -0.2) is 11.8 Å². The number of hydrogen-bond donors (Lipinski definition) is 1. The summed E-state index contributed by atoms with van der Waals surface area (Å²) in [6.07, 6.45) is 0. The molecule has 2 N–H and O–H groups in total. The second kappa shape index (κ2) is 4.13. The van der Waals surface area contributed by atoms with Gasteiger partial charge in [-0.2, -0.15) is 0 Å². The molecule has 0 spiro atoms. The molecule has 0 saturated carbocycles. The molecular weight excluding hydrogens is 252 g/mol. The lowest BCUT2D eigenvalue weighted by molar-refractivity contribution is 0.174. The van der Waals surface area contributed by atoms with Crippen LogP contribution in [0.25, 0.3) is 22.2 Å². The molecule has 4 heteroatoms. The van der Waals surface area contributed by atoms with Crippen molar-refractivity contribution in [2.24, 2.45) is 0 Å². The first-order chi connectivity index (χ1) is 9.81.